The minimum absolute atomic E-state index is 0.0341. The molecule has 0 saturated heterocycles. The molecule has 21 heavy (non-hydrogen) atoms. The van der Waals surface area contributed by atoms with Crippen LogP contribution in [0.4, 0.5) is 10.1 Å². The summed E-state index contributed by atoms with van der Waals surface area (Å²) in [5.41, 5.74) is 3.20. The van der Waals surface area contributed by atoms with Gasteiger partial charge in [-0.25, -0.2) is 4.39 Å². The molecule has 1 atom stereocenters. The van der Waals surface area contributed by atoms with E-state index in [4.69, 9.17) is 16.3 Å². The van der Waals surface area contributed by atoms with Gasteiger partial charge in [0, 0.05) is 18.8 Å². The molecule has 0 bridgehead atoms. The second kappa shape index (κ2) is 7.43. The van der Waals surface area contributed by atoms with Crippen LogP contribution in [0.15, 0.2) is 42.5 Å². The molecule has 1 N–H and O–H groups in total. The Morgan fingerprint density at radius 1 is 1.24 bits per heavy atom. The number of hydrogen-bond acceptors (Lipinski definition) is 2. The van der Waals surface area contributed by atoms with Gasteiger partial charge in [-0.3, -0.25) is 0 Å². The van der Waals surface area contributed by atoms with Gasteiger partial charge in [0.15, 0.2) is 0 Å². The Morgan fingerprint density at radius 3 is 2.71 bits per heavy atom. The van der Waals surface area contributed by atoms with E-state index in [1.807, 2.05) is 25.1 Å². The summed E-state index contributed by atoms with van der Waals surface area (Å²) in [4.78, 5) is 0. The molecule has 0 aliphatic rings. The summed E-state index contributed by atoms with van der Waals surface area (Å²) in [5, 5.41) is 3.59. The van der Waals surface area contributed by atoms with Crippen LogP contribution < -0.4 is 5.32 Å². The zero-order valence-electron chi connectivity index (χ0n) is 12.2. The normalized spacial score (nSPS) is 12.2. The molecule has 0 amide bonds. The summed E-state index contributed by atoms with van der Waals surface area (Å²) >= 11 is 5.84. The Bertz CT molecular complexity index is 603. The van der Waals surface area contributed by atoms with E-state index in [1.165, 1.54) is 11.6 Å². The summed E-state index contributed by atoms with van der Waals surface area (Å²) in [6.07, 6.45) is 0.844. The zero-order valence-corrected chi connectivity index (χ0v) is 13.0. The van der Waals surface area contributed by atoms with Crippen LogP contribution >= 0.6 is 11.6 Å². The lowest BCUT2D eigenvalue weighted by Gasteiger charge is -2.19. The lowest BCUT2D eigenvalue weighted by Crippen LogP contribution is -2.09. The lowest BCUT2D eigenvalue weighted by molar-refractivity contribution is 0.202. The predicted molar refractivity (Wildman–Crippen MR) is 85.5 cm³/mol. The highest BCUT2D eigenvalue weighted by Gasteiger charge is 2.10. The third-order valence-electron chi connectivity index (χ3n) is 3.41. The standard InChI is InChI=1S/C17H19ClFNO/c1-12(14-7-8-16(19)15(18)11-14)20-17-6-4-3-5-13(17)9-10-21-2/h3-8,11-12,20H,9-10H2,1-2H3. The van der Waals surface area contributed by atoms with Gasteiger partial charge >= 0.3 is 0 Å². The van der Waals surface area contributed by atoms with Gasteiger partial charge in [-0.15, -0.1) is 0 Å². The van der Waals surface area contributed by atoms with Crippen LogP contribution in [-0.2, 0) is 11.2 Å². The van der Waals surface area contributed by atoms with Crippen LogP contribution in [0.5, 0.6) is 0 Å². The summed E-state index contributed by atoms with van der Waals surface area (Å²) in [6, 6.07) is 12.9. The molecule has 0 fully saturated rings. The van der Waals surface area contributed by atoms with Crippen molar-refractivity contribution in [3.05, 3.63) is 64.4 Å². The first-order valence-electron chi connectivity index (χ1n) is 6.90. The van der Waals surface area contributed by atoms with E-state index in [-0.39, 0.29) is 11.1 Å². The molecular weight excluding hydrogens is 289 g/mol. The minimum Gasteiger partial charge on any atom is -0.384 e. The SMILES string of the molecule is COCCc1ccccc1NC(C)c1ccc(F)c(Cl)c1. The van der Waals surface area contributed by atoms with Crippen LogP contribution in [-0.4, -0.2) is 13.7 Å². The maximum Gasteiger partial charge on any atom is 0.141 e. The van der Waals surface area contributed by atoms with Crippen LogP contribution in [0.1, 0.15) is 24.1 Å². The fraction of sp³-hybridized carbons (Fsp3) is 0.294. The van der Waals surface area contributed by atoms with E-state index in [1.54, 1.807) is 19.2 Å². The number of hydrogen-bond donors (Lipinski definition) is 1. The van der Waals surface area contributed by atoms with Crippen molar-refractivity contribution in [1.82, 2.24) is 0 Å². The van der Waals surface area contributed by atoms with Crippen molar-refractivity contribution < 1.29 is 9.13 Å². The molecule has 0 spiro atoms. The highest BCUT2D eigenvalue weighted by atomic mass is 35.5. The topological polar surface area (TPSA) is 21.3 Å². The Morgan fingerprint density at radius 2 is 2.00 bits per heavy atom. The highest BCUT2D eigenvalue weighted by Crippen LogP contribution is 2.25. The van der Waals surface area contributed by atoms with Crippen LogP contribution in [0.25, 0.3) is 0 Å². The third-order valence-corrected chi connectivity index (χ3v) is 3.70. The van der Waals surface area contributed by atoms with Crippen molar-refractivity contribution in [2.45, 2.75) is 19.4 Å². The Balaban J connectivity index is 2.15. The van der Waals surface area contributed by atoms with Crippen molar-refractivity contribution in [1.29, 1.82) is 0 Å². The molecular formula is C17H19ClFNO. The number of nitrogens with one attached hydrogen (secondary N) is 1. The number of halogens is 2. The number of rotatable bonds is 6. The van der Waals surface area contributed by atoms with Crippen molar-refractivity contribution in [3.8, 4) is 0 Å². The Kier molecular flexibility index (Phi) is 5.59. The minimum atomic E-state index is -0.395. The van der Waals surface area contributed by atoms with E-state index >= 15 is 0 Å². The van der Waals surface area contributed by atoms with Crippen molar-refractivity contribution in [3.63, 3.8) is 0 Å². The van der Waals surface area contributed by atoms with E-state index in [2.05, 4.69) is 11.4 Å². The molecule has 4 heteroatoms. The van der Waals surface area contributed by atoms with E-state index in [0.717, 1.165) is 17.7 Å². The zero-order chi connectivity index (χ0) is 15.2. The summed E-state index contributed by atoms with van der Waals surface area (Å²) in [6.45, 7) is 2.70. The second-order valence-electron chi connectivity index (χ2n) is 4.94. The van der Waals surface area contributed by atoms with Crippen LogP contribution in [0, 0.1) is 5.82 Å². The summed E-state index contributed by atoms with van der Waals surface area (Å²) in [5.74, 6) is -0.395. The maximum absolute atomic E-state index is 13.2. The average Bonchev–Trinajstić information content (AvgIpc) is 2.49. The fourth-order valence-corrected chi connectivity index (χ4v) is 2.38. The molecule has 0 heterocycles. The van der Waals surface area contributed by atoms with Crippen LogP contribution in [0.3, 0.4) is 0 Å². The van der Waals surface area contributed by atoms with Gasteiger partial charge < -0.3 is 10.1 Å². The molecule has 0 aromatic heterocycles. The third kappa shape index (κ3) is 4.19. The fourth-order valence-electron chi connectivity index (χ4n) is 2.19. The van der Waals surface area contributed by atoms with Crippen LogP contribution in [0.2, 0.25) is 5.02 Å². The number of para-hydroxylation sites is 1. The maximum atomic E-state index is 13.2. The first kappa shape index (κ1) is 15.8. The Labute approximate surface area is 129 Å². The molecule has 1 unspecified atom stereocenters. The van der Waals surface area contributed by atoms with E-state index < -0.39 is 5.82 Å². The van der Waals surface area contributed by atoms with Gasteiger partial charge in [-0.1, -0.05) is 35.9 Å². The quantitative estimate of drug-likeness (QED) is 0.824. The molecule has 0 saturated carbocycles. The second-order valence-corrected chi connectivity index (χ2v) is 5.35. The largest absolute Gasteiger partial charge is 0.384 e. The van der Waals surface area contributed by atoms with Gasteiger partial charge in [0.1, 0.15) is 5.82 Å². The molecule has 0 aliphatic heterocycles. The van der Waals surface area contributed by atoms with E-state index in [9.17, 15) is 4.39 Å². The van der Waals surface area contributed by atoms with Crippen molar-refractivity contribution in [2.24, 2.45) is 0 Å². The summed E-state index contributed by atoms with van der Waals surface area (Å²) < 4.78 is 18.4. The highest BCUT2D eigenvalue weighted by molar-refractivity contribution is 6.30. The van der Waals surface area contributed by atoms with Crippen molar-refractivity contribution in [2.75, 3.05) is 19.0 Å². The smallest absolute Gasteiger partial charge is 0.141 e. The van der Waals surface area contributed by atoms with Crippen molar-refractivity contribution >= 4 is 17.3 Å². The molecule has 0 radical (unpaired) electrons. The molecule has 2 rings (SSSR count). The molecule has 112 valence electrons. The number of ether oxygens (including phenoxy) is 1. The van der Waals surface area contributed by atoms with Gasteiger partial charge in [0.2, 0.25) is 0 Å². The van der Waals surface area contributed by atoms with Gasteiger partial charge in [-0.2, -0.15) is 0 Å². The Hall–Kier alpha value is -1.58. The average molecular weight is 308 g/mol. The lowest BCUT2D eigenvalue weighted by atomic mass is 10.1. The van der Waals surface area contributed by atoms with Gasteiger partial charge in [0.05, 0.1) is 11.6 Å². The molecule has 2 aromatic rings. The molecule has 2 nitrogen and oxygen atoms in total. The monoisotopic (exact) mass is 307 g/mol. The predicted octanol–water partition coefficient (Wildman–Crippen LogP) is 4.84. The van der Waals surface area contributed by atoms with Gasteiger partial charge in [-0.05, 0) is 42.7 Å². The van der Waals surface area contributed by atoms with E-state index in [0.29, 0.717) is 6.61 Å². The molecule has 2 aromatic carbocycles. The summed E-state index contributed by atoms with van der Waals surface area (Å²) in [7, 11) is 1.69. The van der Waals surface area contributed by atoms with Gasteiger partial charge in [0.25, 0.3) is 0 Å². The molecule has 0 aliphatic carbocycles. The number of methoxy groups -OCH3 is 1. The first-order chi connectivity index (χ1) is 10.1. The first-order valence-corrected chi connectivity index (χ1v) is 7.28. The number of anilines is 1. The number of benzene rings is 2.